The van der Waals surface area contributed by atoms with Crippen molar-refractivity contribution in [2.75, 3.05) is 13.7 Å². The van der Waals surface area contributed by atoms with Crippen molar-refractivity contribution in [2.24, 2.45) is 0 Å². The van der Waals surface area contributed by atoms with Crippen molar-refractivity contribution in [1.82, 2.24) is 0 Å². The van der Waals surface area contributed by atoms with Crippen LogP contribution in [0.2, 0.25) is 0 Å². The Kier molecular flexibility index (Phi) is 7.65. The lowest BCUT2D eigenvalue weighted by Gasteiger charge is -2.18. The van der Waals surface area contributed by atoms with Crippen molar-refractivity contribution in [3.63, 3.8) is 0 Å². The highest BCUT2D eigenvalue weighted by Gasteiger charge is 2.25. The van der Waals surface area contributed by atoms with E-state index < -0.39 is 5.92 Å². The Balaban J connectivity index is 2.92. The van der Waals surface area contributed by atoms with E-state index in [0.717, 1.165) is 25.7 Å². The molecule has 0 fully saturated rings. The van der Waals surface area contributed by atoms with E-state index in [4.69, 9.17) is 9.47 Å². The molecule has 0 aliphatic rings. The number of methoxy groups -OCH3 is 1. The van der Waals surface area contributed by atoms with Crippen molar-refractivity contribution < 1.29 is 19.4 Å². The predicted octanol–water partition coefficient (Wildman–Crippen LogP) is 4.02. The minimum absolute atomic E-state index is 0.0357. The quantitative estimate of drug-likeness (QED) is 0.552. The van der Waals surface area contributed by atoms with Crippen LogP contribution in [0.1, 0.15) is 57.4 Å². The van der Waals surface area contributed by atoms with Gasteiger partial charge in [-0.3, -0.25) is 4.79 Å². The van der Waals surface area contributed by atoms with Crippen LogP contribution < -0.4 is 4.74 Å². The van der Waals surface area contributed by atoms with Crippen LogP contribution in [0.15, 0.2) is 18.2 Å². The van der Waals surface area contributed by atoms with E-state index >= 15 is 0 Å². The lowest BCUT2D eigenvalue weighted by atomic mass is 9.92. The van der Waals surface area contributed by atoms with Crippen LogP contribution in [0.3, 0.4) is 0 Å². The number of unbranched alkanes of at least 4 members (excludes halogenated alkanes) is 3. The van der Waals surface area contributed by atoms with Gasteiger partial charge in [0.25, 0.3) is 0 Å². The molecule has 0 bridgehead atoms. The van der Waals surface area contributed by atoms with Crippen LogP contribution in [-0.4, -0.2) is 24.8 Å². The van der Waals surface area contributed by atoms with E-state index in [0.29, 0.717) is 24.3 Å². The van der Waals surface area contributed by atoms with Gasteiger partial charge in [0.2, 0.25) is 0 Å². The number of phenols is 1. The zero-order chi connectivity index (χ0) is 15.7. The molecule has 0 amide bonds. The van der Waals surface area contributed by atoms with E-state index in [-0.39, 0.29) is 11.7 Å². The zero-order valence-corrected chi connectivity index (χ0v) is 13.2. The van der Waals surface area contributed by atoms with Crippen molar-refractivity contribution in [2.45, 2.75) is 51.9 Å². The molecule has 0 saturated heterocycles. The van der Waals surface area contributed by atoms with Crippen LogP contribution in [0.25, 0.3) is 0 Å². The summed E-state index contributed by atoms with van der Waals surface area (Å²) in [6.45, 7) is 4.28. The summed E-state index contributed by atoms with van der Waals surface area (Å²) < 4.78 is 10.3. The molecule has 0 aromatic heterocycles. The van der Waals surface area contributed by atoms with Crippen LogP contribution in [-0.2, 0) is 9.53 Å². The second-order valence-electron chi connectivity index (χ2n) is 5.05. The van der Waals surface area contributed by atoms with Gasteiger partial charge >= 0.3 is 5.97 Å². The van der Waals surface area contributed by atoms with Crippen molar-refractivity contribution in [1.29, 1.82) is 0 Å². The molecule has 1 atom stereocenters. The highest BCUT2D eigenvalue weighted by atomic mass is 16.5. The number of hydrogen-bond acceptors (Lipinski definition) is 4. The molecule has 4 heteroatoms. The lowest BCUT2D eigenvalue weighted by molar-refractivity contribution is -0.145. The number of benzene rings is 1. The fraction of sp³-hybridized carbons (Fsp3) is 0.588. The molecule has 118 valence electrons. The number of hydrogen-bond donors (Lipinski definition) is 1. The van der Waals surface area contributed by atoms with Crippen molar-refractivity contribution >= 4 is 5.97 Å². The van der Waals surface area contributed by atoms with E-state index in [9.17, 15) is 9.90 Å². The maximum atomic E-state index is 12.2. The average molecular weight is 294 g/mol. The summed E-state index contributed by atoms with van der Waals surface area (Å²) in [5.41, 5.74) is 0.587. The Hall–Kier alpha value is -1.71. The number of ether oxygens (including phenoxy) is 2. The van der Waals surface area contributed by atoms with Gasteiger partial charge < -0.3 is 14.6 Å². The Labute approximate surface area is 127 Å². The van der Waals surface area contributed by atoms with E-state index in [1.807, 2.05) is 0 Å². The zero-order valence-electron chi connectivity index (χ0n) is 13.2. The maximum absolute atomic E-state index is 12.2. The molecule has 0 aliphatic heterocycles. The van der Waals surface area contributed by atoms with Crippen LogP contribution in [0.4, 0.5) is 0 Å². The van der Waals surface area contributed by atoms with Gasteiger partial charge in [-0.05, 0) is 19.4 Å². The average Bonchev–Trinajstić information content (AvgIpc) is 2.48. The highest BCUT2D eigenvalue weighted by Crippen LogP contribution is 2.37. The van der Waals surface area contributed by atoms with Gasteiger partial charge in [-0.25, -0.2) is 0 Å². The fourth-order valence-electron chi connectivity index (χ4n) is 2.40. The topological polar surface area (TPSA) is 55.8 Å². The number of carbonyl (C=O) groups is 1. The molecular weight excluding hydrogens is 268 g/mol. The molecule has 0 radical (unpaired) electrons. The third-order valence-electron chi connectivity index (χ3n) is 3.54. The summed E-state index contributed by atoms with van der Waals surface area (Å²) >= 11 is 0. The first-order valence-electron chi connectivity index (χ1n) is 7.68. The molecule has 0 heterocycles. The van der Waals surface area contributed by atoms with Gasteiger partial charge in [0.15, 0.2) is 11.5 Å². The molecular formula is C17H26O4. The van der Waals surface area contributed by atoms with E-state index in [1.165, 1.54) is 7.11 Å². The van der Waals surface area contributed by atoms with Crippen molar-refractivity contribution in [3.8, 4) is 11.5 Å². The molecule has 1 aromatic rings. The molecule has 21 heavy (non-hydrogen) atoms. The van der Waals surface area contributed by atoms with Crippen LogP contribution in [0, 0.1) is 0 Å². The van der Waals surface area contributed by atoms with Gasteiger partial charge in [-0.2, -0.15) is 0 Å². The number of para-hydroxylation sites is 1. The number of phenolic OH excluding ortho intramolecular Hbond substituents is 1. The Bertz CT molecular complexity index is 442. The second-order valence-corrected chi connectivity index (χ2v) is 5.05. The summed E-state index contributed by atoms with van der Waals surface area (Å²) in [5.74, 6) is -0.293. The third-order valence-corrected chi connectivity index (χ3v) is 3.54. The largest absolute Gasteiger partial charge is 0.504 e. The van der Waals surface area contributed by atoms with Gasteiger partial charge in [-0.1, -0.05) is 44.7 Å². The summed E-state index contributed by atoms with van der Waals surface area (Å²) in [4.78, 5) is 12.2. The molecule has 1 aromatic carbocycles. The molecule has 0 aliphatic carbocycles. The molecule has 0 saturated carbocycles. The van der Waals surface area contributed by atoms with Crippen LogP contribution in [0.5, 0.6) is 11.5 Å². The Morgan fingerprint density at radius 2 is 2.00 bits per heavy atom. The van der Waals surface area contributed by atoms with Crippen molar-refractivity contribution in [3.05, 3.63) is 23.8 Å². The highest BCUT2D eigenvalue weighted by molar-refractivity contribution is 5.79. The standard InChI is InChI=1S/C17H26O4/c1-4-6-7-8-10-14(17(19)21-5-2)13-11-9-12-15(20-3)16(13)18/h9,11-12,14,18H,4-8,10H2,1-3H3. The smallest absolute Gasteiger partial charge is 0.313 e. The minimum atomic E-state index is -0.433. The fourth-order valence-corrected chi connectivity index (χ4v) is 2.40. The SMILES string of the molecule is CCCCCCC(C(=O)OCC)c1cccc(OC)c1O. The number of rotatable bonds is 9. The number of aromatic hydroxyl groups is 1. The Morgan fingerprint density at radius 3 is 2.62 bits per heavy atom. The predicted molar refractivity (Wildman–Crippen MR) is 82.8 cm³/mol. The minimum Gasteiger partial charge on any atom is -0.504 e. The van der Waals surface area contributed by atoms with Gasteiger partial charge in [0.1, 0.15) is 0 Å². The monoisotopic (exact) mass is 294 g/mol. The third kappa shape index (κ3) is 4.96. The van der Waals surface area contributed by atoms with Crippen LogP contribution >= 0.6 is 0 Å². The summed E-state index contributed by atoms with van der Waals surface area (Å²) in [6, 6.07) is 5.23. The first-order chi connectivity index (χ1) is 10.2. The maximum Gasteiger partial charge on any atom is 0.313 e. The molecule has 4 nitrogen and oxygen atoms in total. The Morgan fingerprint density at radius 1 is 1.24 bits per heavy atom. The molecule has 1 unspecified atom stereocenters. The molecule has 1 rings (SSSR count). The normalized spacial score (nSPS) is 12.0. The first-order valence-corrected chi connectivity index (χ1v) is 7.68. The number of carbonyl (C=O) groups excluding carboxylic acids is 1. The lowest BCUT2D eigenvalue weighted by Crippen LogP contribution is -2.16. The molecule has 0 spiro atoms. The van der Waals surface area contributed by atoms with Gasteiger partial charge in [-0.15, -0.1) is 0 Å². The summed E-state index contributed by atoms with van der Waals surface area (Å²) in [7, 11) is 1.50. The van der Waals surface area contributed by atoms with Gasteiger partial charge in [0.05, 0.1) is 19.6 Å². The molecule has 1 N–H and O–H groups in total. The first kappa shape index (κ1) is 17.3. The second kappa shape index (κ2) is 9.27. The van der Waals surface area contributed by atoms with E-state index in [1.54, 1.807) is 25.1 Å². The number of esters is 1. The van der Waals surface area contributed by atoms with E-state index in [2.05, 4.69) is 6.92 Å². The summed E-state index contributed by atoms with van der Waals surface area (Å²) in [5, 5.41) is 10.2. The van der Waals surface area contributed by atoms with Gasteiger partial charge in [0, 0.05) is 5.56 Å². The summed E-state index contributed by atoms with van der Waals surface area (Å²) in [6.07, 6.45) is 5.00.